The molecule has 0 heterocycles. The fraction of sp³-hybridized carbons (Fsp3) is 0.481. The molecule has 0 saturated carbocycles. The second-order valence-electron chi connectivity index (χ2n) is 9.21. The van der Waals surface area contributed by atoms with E-state index >= 15 is 0 Å². The first-order chi connectivity index (χ1) is 14.7. The maximum Gasteiger partial charge on any atom is 0.242 e. The average molecular weight is 423 g/mol. The lowest BCUT2D eigenvalue weighted by atomic mass is 9.86. The van der Waals surface area contributed by atoms with Gasteiger partial charge in [0.2, 0.25) is 11.8 Å². The van der Waals surface area contributed by atoms with E-state index in [1.54, 1.807) is 4.90 Å². The Labute approximate surface area is 188 Å². The molecule has 4 heteroatoms. The summed E-state index contributed by atoms with van der Waals surface area (Å²) in [6.07, 6.45) is 1.64. The number of carbonyl (C=O) groups is 2. The lowest BCUT2D eigenvalue weighted by molar-refractivity contribution is -0.141. The molecule has 1 unspecified atom stereocenters. The second kappa shape index (κ2) is 11.1. The summed E-state index contributed by atoms with van der Waals surface area (Å²) in [6.45, 7) is 13.5. The van der Waals surface area contributed by atoms with Gasteiger partial charge in [-0.1, -0.05) is 76.2 Å². The Kier molecular flexibility index (Phi) is 8.85. The molecule has 2 aromatic carbocycles. The van der Waals surface area contributed by atoms with Crippen LogP contribution >= 0.6 is 0 Å². The number of benzene rings is 2. The van der Waals surface area contributed by atoms with Crippen molar-refractivity contribution in [3.05, 3.63) is 70.8 Å². The Balaban J connectivity index is 2.18. The summed E-state index contributed by atoms with van der Waals surface area (Å²) in [5.74, 6) is -0.0669. The van der Waals surface area contributed by atoms with Crippen molar-refractivity contribution in [2.24, 2.45) is 0 Å². The van der Waals surface area contributed by atoms with Gasteiger partial charge in [0.15, 0.2) is 0 Å². The van der Waals surface area contributed by atoms with Crippen LogP contribution in [0.25, 0.3) is 0 Å². The minimum Gasteiger partial charge on any atom is -0.355 e. The number of amides is 2. The quantitative estimate of drug-likeness (QED) is 0.606. The van der Waals surface area contributed by atoms with Gasteiger partial charge in [0.05, 0.1) is 0 Å². The number of carbonyl (C=O) groups excluding carboxylic acids is 2. The van der Waals surface area contributed by atoms with Gasteiger partial charge in [0.25, 0.3) is 0 Å². The molecule has 0 radical (unpaired) electrons. The van der Waals surface area contributed by atoms with Crippen LogP contribution in [0.2, 0.25) is 0 Å². The zero-order valence-electron chi connectivity index (χ0n) is 20.0. The van der Waals surface area contributed by atoms with Crippen LogP contribution in [0, 0.1) is 6.92 Å². The van der Waals surface area contributed by atoms with E-state index in [0.717, 1.165) is 16.7 Å². The monoisotopic (exact) mass is 422 g/mol. The predicted molar refractivity (Wildman–Crippen MR) is 128 cm³/mol. The number of hydrogen-bond donors (Lipinski definition) is 1. The molecule has 0 fully saturated rings. The highest BCUT2D eigenvalue weighted by Crippen LogP contribution is 2.23. The standard InChI is InChI=1S/C27H38N2O2/c1-7-24(26(31)28-8-2)29(19-22-12-10-9-11-20(22)3)25(30)18-15-21-13-16-23(17-14-21)27(4,5)6/h9-14,16-17,24H,7-8,15,18-19H2,1-6H3,(H,28,31). The summed E-state index contributed by atoms with van der Waals surface area (Å²) < 4.78 is 0. The number of hydrogen-bond acceptors (Lipinski definition) is 2. The lowest BCUT2D eigenvalue weighted by Crippen LogP contribution is -2.49. The van der Waals surface area contributed by atoms with Crippen molar-refractivity contribution in [1.29, 1.82) is 0 Å². The SMILES string of the molecule is CCNC(=O)C(CC)N(Cc1ccccc1C)C(=O)CCc1ccc(C(C)(C)C)cc1. The summed E-state index contributed by atoms with van der Waals surface area (Å²) in [6, 6.07) is 16.1. The van der Waals surface area contributed by atoms with Crippen molar-refractivity contribution in [2.45, 2.75) is 78.8 Å². The van der Waals surface area contributed by atoms with Crippen molar-refractivity contribution in [2.75, 3.05) is 6.54 Å². The first-order valence-corrected chi connectivity index (χ1v) is 11.4. The number of aryl methyl sites for hydroxylation is 2. The molecule has 1 atom stereocenters. The van der Waals surface area contributed by atoms with E-state index in [4.69, 9.17) is 0 Å². The Bertz CT molecular complexity index is 866. The van der Waals surface area contributed by atoms with Crippen molar-refractivity contribution in [1.82, 2.24) is 10.2 Å². The summed E-state index contributed by atoms with van der Waals surface area (Å²) in [4.78, 5) is 27.8. The number of likely N-dealkylation sites (N-methyl/N-ethyl adjacent to an activating group) is 1. The van der Waals surface area contributed by atoms with Crippen LogP contribution in [-0.4, -0.2) is 29.3 Å². The summed E-state index contributed by atoms with van der Waals surface area (Å²) >= 11 is 0. The molecule has 0 aliphatic rings. The molecule has 0 aliphatic heterocycles. The third kappa shape index (κ3) is 6.95. The van der Waals surface area contributed by atoms with E-state index in [1.807, 2.05) is 45.0 Å². The lowest BCUT2D eigenvalue weighted by Gasteiger charge is -2.31. The summed E-state index contributed by atoms with van der Waals surface area (Å²) in [5.41, 5.74) is 4.74. The van der Waals surface area contributed by atoms with E-state index < -0.39 is 6.04 Å². The van der Waals surface area contributed by atoms with Crippen molar-refractivity contribution < 1.29 is 9.59 Å². The molecule has 2 amide bonds. The van der Waals surface area contributed by atoms with Crippen LogP contribution in [0.4, 0.5) is 0 Å². The molecule has 0 spiro atoms. The van der Waals surface area contributed by atoms with Crippen LogP contribution in [0.5, 0.6) is 0 Å². The Morgan fingerprint density at radius 1 is 1.00 bits per heavy atom. The van der Waals surface area contributed by atoms with Gasteiger partial charge < -0.3 is 10.2 Å². The minimum absolute atomic E-state index is 0.0151. The fourth-order valence-corrected chi connectivity index (χ4v) is 3.75. The third-order valence-electron chi connectivity index (χ3n) is 5.79. The summed E-state index contributed by atoms with van der Waals surface area (Å²) in [7, 11) is 0. The zero-order chi connectivity index (χ0) is 23.0. The number of rotatable bonds is 9. The largest absolute Gasteiger partial charge is 0.355 e. The normalized spacial score (nSPS) is 12.3. The van der Waals surface area contributed by atoms with Crippen molar-refractivity contribution >= 4 is 11.8 Å². The molecule has 2 rings (SSSR count). The van der Waals surface area contributed by atoms with Gasteiger partial charge in [-0.15, -0.1) is 0 Å². The molecule has 31 heavy (non-hydrogen) atoms. The molecule has 0 aromatic heterocycles. The average Bonchev–Trinajstić information content (AvgIpc) is 2.73. The van der Waals surface area contributed by atoms with Crippen molar-refractivity contribution in [3.8, 4) is 0 Å². The minimum atomic E-state index is -0.463. The van der Waals surface area contributed by atoms with Crippen molar-refractivity contribution in [3.63, 3.8) is 0 Å². The first-order valence-electron chi connectivity index (χ1n) is 11.4. The molecule has 168 valence electrons. The Hall–Kier alpha value is -2.62. The van der Waals surface area contributed by atoms with Crippen LogP contribution in [-0.2, 0) is 28.0 Å². The van der Waals surface area contributed by atoms with E-state index in [2.05, 4.69) is 50.4 Å². The zero-order valence-corrected chi connectivity index (χ0v) is 20.0. The highest BCUT2D eigenvalue weighted by molar-refractivity contribution is 5.87. The van der Waals surface area contributed by atoms with E-state index in [0.29, 0.717) is 32.4 Å². The van der Waals surface area contributed by atoms with Gasteiger partial charge in [0, 0.05) is 19.5 Å². The smallest absolute Gasteiger partial charge is 0.242 e. The number of nitrogens with one attached hydrogen (secondary N) is 1. The van der Waals surface area contributed by atoms with Crippen LogP contribution < -0.4 is 5.32 Å². The van der Waals surface area contributed by atoms with Crippen LogP contribution in [0.15, 0.2) is 48.5 Å². The topological polar surface area (TPSA) is 49.4 Å². The van der Waals surface area contributed by atoms with Gasteiger partial charge in [0.1, 0.15) is 6.04 Å². The number of nitrogens with zero attached hydrogens (tertiary/aromatic N) is 1. The maximum absolute atomic E-state index is 13.3. The molecule has 0 aliphatic carbocycles. The van der Waals surface area contributed by atoms with Gasteiger partial charge >= 0.3 is 0 Å². The van der Waals surface area contributed by atoms with E-state index in [9.17, 15) is 9.59 Å². The molecule has 4 nitrogen and oxygen atoms in total. The maximum atomic E-state index is 13.3. The van der Waals surface area contributed by atoms with Crippen LogP contribution in [0.3, 0.4) is 0 Å². The van der Waals surface area contributed by atoms with Gasteiger partial charge in [-0.3, -0.25) is 9.59 Å². The highest BCUT2D eigenvalue weighted by atomic mass is 16.2. The summed E-state index contributed by atoms with van der Waals surface area (Å²) in [5, 5.41) is 2.89. The fourth-order valence-electron chi connectivity index (χ4n) is 3.75. The van der Waals surface area contributed by atoms with E-state index in [-0.39, 0.29) is 17.2 Å². The molecular formula is C27H38N2O2. The molecular weight excluding hydrogens is 384 g/mol. The second-order valence-corrected chi connectivity index (χ2v) is 9.21. The third-order valence-corrected chi connectivity index (χ3v) is 5.79. The molecule has 0 bridgehead atoms. The Morgan fingerprint density at radius 2 is 1.65 bits per heavy atom. The van der Waals surface area contributed by atoms with Gasteiger partial charge in [-0.25, -0.2) is 0 Å². The Morgan fingerprint density at radius 3 is 2.19 bits per heavy atom. The van der Waals surface area contributed by atoms with Crippen LogP contribution in [0.1, 0.15) is 69.7 Å². The molecule has 0 saturated heterocycles. The van der Waals surface area contributed by atoms with Gasteiger partial charge in [-0.05, 0) is 54.4 Å². The first kappa shape index (κ1) is 24.6. The highest BCUT2D eigenvalue weighted by Gasteiger charge is 2.28. The molecule has 2 aromatic rings. The van der Waals surface area contributed by atoms with Gasteiger partial charge in [-0.2, -0.15) is 0 Å². The van der Waals surface area contributed by atoms with E-state index in [1.165, 1.54) is 5.56 Å². The molecule has 1 N–H and O–H groups in total. The predicted octanol–water partition coefficient (Wildman–Crippen LogP) is 5.17.